The predicted octanol–water partition coefficient (Wildman–Crippen LogP) is 1.55. The van der Waals surface area contributed by atoms with Gasteiger partial charge in [-0.05, 0) is 25.1 Å². The lowest BCUT2D eigenvalue weighted by Crippen LogP contribution is -2.29. The van der Waals surface area contributed by atoms with Gasteiger partial charge in [0.25, 0.3) is 0 Å². The maximum Gasteiger partial charge on any atom is 0.335 e. The highest BCUT2D eigenvalue weighted by Gasteiger charge is 2.21. The van der Waals surface area contributed by atoms with Crippen molar-refractivity contribution in [2.45, 2.75) is 13.3 Å². The Balaban J connectivity index is 2.51. The summed E-state index contributed by atoms with van der Waals surface area (Å²) in [6.07, 6.45) is 0.422. The molecule has 5 heteroatoms. The van der Waals surface area contributed by atoms with Gasteiger partial charge in [-0.15, -0.1) is 0 Å². The van der Waals surface area contributed by atoms with E-state index in [1.165, 1.54) is 12.1 Å². The summed E-state index contributed by atoms with van der Waals surface area (Å²) in [5.74, 6) is -0.971. The van der Waals surface area contributed by atoms with Crippen molar-refractivity contribution in [3.8, 4) is 0 Å². The second-order valence-corrected chi connectivity index (χ2v) is 3.85. The Labute approximate surface area is 99.0 Å². The largest absolute Gasteiger partial charge is 0.478 e. The molecule has 0 saturated carbocycles. The smallest absolute Gasteiger partial charge is 0.335 e. The van der Waals surface area contributed by atoms with Gasteiger partial charge in [0.2, 0.25) is 5.91 Å². The van der Waals surface area contributed by atoms with Gasteiger partial charge in [0, 0.05) is 19.5 Å². The zero-order valence-electron chi connectivity index (χ0n) is 9.56. The maximum absolute atomic E-state index is 11.8. The first-order valence-electron chi connectivity index (χ1n) is 5.55. The molecule has 1 aromatic rings. The topological polar surface area (TPSA) is 69.6 Å². The molecule has 0 radical (unpaired) electrons. The number of hydrogen-bond donors (Lipinski definition) is 2. The first kappa shape index (κ1) is 11.4. The van der Waals surface area contributed by atoms with Gasteiger partial charge in [-0.2, -0.15) is 0 Å². The van der Waals surface area contributed by atoms with E-state index in [9.17, 15) is 9.59 Å². The Morgan fingerprint density at radius 3 is 2.94 bits per heavy atom. The molecule has 1 aliphatic rings. The Hall–Kier alpha value is -2.04. The van der Waals surface area contributed by atoms with E-state index in [0.717, 1.165) is 5.69 Å². The molecular weight excluding hydrogens is 220 g/mol. The molecule has 0 aliphatic carbocycles. The number of anilines is 2. The number of fused-ring (bicyclic) bond motifs is 1. The molecule has 2 rings (SSSR count). The van der Waals surface area contributed by atoms with Gasteiger partial charge in [-0.1, -0.05) is 0 Å². The highest BCUT2D eigenvalue weighted by atomic mass is 16.4. The van der Waals surface area contributed by atoms with Crippen LogP contribution in [0.4, 0.5) is 11.4 Å². The number of hydrogen-bond acceptors (Lipinski definition) is 3. The van der Waals surface area contributed by atoms with Crippen molar-refractivity contribution < 1.29 is 14.7 Å². The second-order valence-electron chi connectivity index (χ2n) is 3.85. The molecule has 0 fully saturated rings. The van der Waals surface area contributed by atoms with E-state index in [1.54, 1.807) is 11.0 Å². The van der Waals surface area contributed by atoms with E-state index >= 15 is 0 Å². The normalized spacial score (nSPS) is 14.9. The number of carbonyl (C=O) groups is 2. The third-order valence-corrected chi connectivity index (χ3v) is 2.81. The molecule has 0 aromatic heterocycles. The van der Waals surface area contributed by atoms with E-state index in [4.69, 9.17) is 5.11 Å². The van der Waals surface area contributed by atoms with Crippen LogP contribution in [0.5, 0.6) is 0 Å². The van der Waals surface area contributed by atoms with Gasteiger partial charge in [-0.3, -0.25) is 4.79 Å². The first-order valence-corrected chi connectivity index (χ1v) is 5.55. The van der Waals surface area contributed by atoms with Crippen LogP contribution in [0.15, 0.2) is 18.2 Å². The van der Waals surface area contributed by atoms with E-state index < -0.39 is 5.97 Å². The SMILES string of the molecule is CCN1C(=O)CCNc2ccc(C(=O)O)cc21. The minimum atomic E-state index is -0.986. The Morgan fingerprint density at radius 1 is 1.53 bits per heavy atom. The average Bonchev–Trinajstić information content (AvgIpc) is 2.46. The summed E-state index contributed by atoms with van der Waals surface area (Å²) in [5, 5.41) is 12.1. The summed E-state index contributed by atoms with van der Waals surface area (Å²) < 4.78 is 0. The summed E-state index contributed by atoms with van der Waals surface area (Å²) in [5.41, 5.74) is 1.65. The molecular formula is C12H14N2O3. The van der Waals surface area contributed by atoms with Crippen molar-refractivity contribution in [1.29, 1.82) is 0 Å². The Kier molecular flexibility index (Phi) is 2.99. The second kappa shape index (κ2) is 4.45. The lowest BCUT2D eigenvalue weighted by atomic mass is 10.1. The van der Waals surface area contributed by atoms with Gasteiger partial charge >= 0.3 is 5.97 Å². The van der Waals surface area contributed by atoms with E-state index in [-0.39, 0.29) is 11.5 Å². The molecule has 5 nitrogen and oxygen atoms in total. The van der Waals surface area contributed by atoms with Crippen LogP contribution in [0, 0.1) is 0 Å². The van der Waals surface area contributed by atoms with Gasteiger partial charge in [0.15, 0.2) is 0 Å². The van der Waals surface area contributed by atoms with Crippen LogP contribution >= 0.6 is 0 Å². The van der Waals surface area contributed by atoms with Crippen molar-refractivity contribution >= 4 is 23.3 Å². The molecule has 90 valence electrons. The fourth-order valence-electron chi connectivity index (χ4n) is 1.96. The monoisotopic (exact) mass is 234 g/mol. The molecule has 0 saturated heterocycles. The maximum atomic E-state index is 11.8. The third-order valence-electron chi connectivity index (χ3n) is 2.81. The number of rotatable bonds is 2. The average molecular weight is 234 g/mol. The Bertz CT molecular complexity index is 471. The molecule has 1 heterocycles. The number of amides is 1. The van der Waals surface area contributed by atoms with Crippen molar-refractivity contribution in [3.63, 3.8) is 0 Å². The number of carboxylic acids is 1. The number of benzene rings is 1. The molecule has 0 spiro atoms. The minimum Gasteiger partial charge on any atom is -0.478 e. The van der Waals surface area contributed by atoms with Crippen LogP contribution in [0.3, 0.4) is 0 Å². The molecule has 1 amide bonds. The summed E-state index contributed by atoms with van der Waals surface area (Å²) in [7, 11) is 0. The summed E-state index contributed by atoms with van der Waals surface area (Å²) >= 11 is 0. The molecule has 0 bridgehead atoms. The van der Waals surface area contributed by atoms with Gasteiger partial charge in [0.1, 0.15) is 0 Å². The van der Waals surface area contributed by atoms with Crippen LogP contribution in [0.25, 0.3) is 0 Å². The van der Waals surface area contributed by atoms with E-state index in [0.29, 0.717) is 25.2 Å². The lowest BCUT2D eigenvalue weighted by molar-refractivity contribution is -0.118. The summed E-state index contributed by atoms with van der Waals surface area (Å²) in [6, 6.07) is 4.79. The van der Waals surface area contributed by atoms with Gasteiger partial charge < -0.3 is 15.3 Å². The van der Waals surface area contributed by atoms with Crippen molar-refractivity contribution in [1.82, 2.24) is 0 Å². The number of aromatic carboxylic acids is 1. The quantitative estimate of drug-likeness (QED) is 0.814. The predicted molar refractivity (Wildman–Crippen MR) is 64.5 cm³/mol. The number of carboxylic acid groups (broad SMARTS) is 1. The summed E-state index contributed by atoms with van der Waals surface area (Å²) in [4.78, 5) is 24.4. The number of nitrogens with zero attached hydrogens (tertiary/aromatic N) is 1. The Morgan fingerprint density at radius 2 is 2.29 bits per heavy atom. The molecule has 1 aliphatic heterocycles. The van der Waals surface area contributed by atoms with Crippen LogP contribution in [0.1, 0.15) is 23.7 Å². The fourth-order valence-corrected chi connectivity index (χ4v) is 1.96. The van der Waals surface area contributed by atoms with Crippen molar-refractivity contribution in [2.24, 2.45) is 0 Å². The van der Waals surface area contributed by atoms with Crippen LogP contribution < -0.4 is 10.2 Å². The fraction of sp³-hybridized carbons (Fsp3) is 0.333. The molecule has 0 unspecified atom stereocenters. The first-order chi connectivity index (χ1) is 8.13. The van der Waals surface area contributed by atoms with Crippen LogP contribution in [-0.2, 0) is 4.79 Å². The summed E-state index contributed by atoms with van der Waals surface area (Å²) in [6.45, 7) is 2.99. The highest BCUT2D eigenvalue weighted by molar-refractivity contribution is 6.00. The zero-order chi connectivity index (χ0) is 12.4. The van der Waals surface area contributed by atoms with Crippen LogP contribution in [0.2, 0.25) is 0 Å². The van der Waals surface area contributed by atoms with Gasteiger partial charge in [-0.25, -0.2) is 4.79 Å². The number of nitrogens with one attached hydrogen (secondary N) is 1. The molecule has 0 atom stereocenters. The van der Waals surface area contributed by atoms with Crippen LogP contribution in [-0.4, -0.2) is 30.1 Å². The molecule has 1 aromatic carbocycles. The standard InChI is InChI=1S/C12H14N2O3/c1-2-14-10-7-8(12(16)17)3-4-9(10)13-6-5-11(14)15/h3-4,7,13H,2,5-6H2,1H3,(H,16,17). The van der Waals surface area contributed by atoms with E-state index in [2.05, 4.69) is 5.32 Å². The third kappa shape index (κ3) is 2.08. The molecule has 17 heavy (non-hydrogen) atoms. The zero-order valence-corrected chi connectivity index (χ0v) is 9.56. The lowest BCUT2D eigenvalue weighted by Gasteiger charge is -2.21. The highest BCUT2D eigenvalue weighted by Crippen LogP contribution is 2.29. The van der Waals surface area contributed by atoms with E-state index in [1.807, 2.05) is 6.92 Å². The number of carbonyl (C=O) groups excluding carboxylic acids is 1. The van der Waals surface area contributed by atoms with Gasteiger partial charge in [0.05, 0.1) is 16.9 Å². The van der Waals surface area contributed by atoms with Crippen molar-refractivity contribution in [3.05, 3.63) is 23.8 Å². The minimum absolute atomic E-state index is 0.0151. The van der Waals surface area contributed by atoms with Crippen molar-refractivity contribution in [2.75, 3.05) is 23.3 Å². The molecule has 2 N–H and O–H groups in total.